The molecule has 20 heavy (non-hydrogen) atoms. The third-order valence-corrected chi connectivity index (χ3v) is 3.69. The molecule has 0 heterocycles. The molecule has 1 atom stereocenters. The quantitative estimate of drug-likeness (QED) is 0.773. The Balaban J connectivity index is 2.39. The number of ether oxygens (including phenoxy) is 1. The third kappa shape index (κ3) is 2.90. The van der Waals surface area contributed by atoms with Crippen LogP contribution < -0.4 is 4.74 Å². The number of methoxy groups -OCH3 is 1. The van der Waals surface area contributed by atoms with Gasteiger partial charge in [0.25, 0.3) is 0 Å². The maximum absolute atomic E-state index is 11.7. The van der Waals surface area contributed by atoms with Gasteiger partial charge in [0.1, 0.15) is 12.0 Å². The van der Waals surface area contributed by atoms with E-state index in [4.69, 9.17) is 4.74 Å². The molecule has 2 rings (SSSR count). The van der Waals surface area contributed by atoms with Crippen LogP contribution in [0.25, 0.3) is 0 Å². The zero-order chi connectivity index (χ0) is 14.6. The number of carbonyl (C=O) groups excluding carboxylic acids is 1. The van der Waals surface area contributed by atoms with Gasteiger partial charge < -0.3 is 9.53 Å². The molecule has 0 spiro atoms. The number of hydrogen-bond acceptors (Lipinski definition) is 2. The number of aryl methyl sites for hydroxylation is 1. The first-order chi connectivity index (χ1) is 9.59. The van der Waals surface area contributed by atoms with Gasteiger partial charge >= 0.3 is 0 Å². The zero-order valence-corrected chi connectivity index (χ0v) is 12.2. The molecule has 2 aromatic rings. The molecule has 0 aromatic heterocycles. The van der Waals surface area contributed by atoms with E-state index < -0.39 is 5.41 Å². The molecule has 0 fully saturated rings. The Morgan fingerprint density at radius 2 is 1.90 bits per heavy atom. The van der Waals surface area contributed by atoms with Gasteiger partial charge in [0.05, 0.1) is 12.5 Å². The molecule has 0 radical (unpaired) electrons. The molecule has 0 aliphatic heterocycles. The summed E-state index contributed by atoms with van der Waals surface area (Å²) in [6, 6.07) is 16.0. The van der Waals surface area contributed by atoms with Crippen LogP contribution >= 0.6 is 0 Å². The Hall–Kier alpha value is -2.09. The van der Waals surface area contributed by atoms with E-state index in [1.807, 2.05) is 56.3 Å². The molecule has 2 heteroatoms. The number of aldehydes is 1. The van der Waals surface area contributed by atoms with Gasteiger partial charge in [0.15, 0.2) is 0 Å². The Morgan fingerprint density at radius 1 is 1.15 bits per heavy atom. The van der Waals surface area contributed by atoms with E-state index in [1.165, 1.54) is 0 Å². The highest BCUT2D eigenvalue weighted by Crippen LogP contribution is 2.30. The van der Waals surface area contributed by atoms with Crippen LogP contribution in [0.1, 0.15) is 23.6 Å². The standard InChI is InChI=1S/C18H20O2/c1-14-7-6-9-16(11-14)18(2,13-19)12-15-8-4-5-10-17(15)20-3/h4-11,13H,12H2,1-3H3. The third-order valence-electron chi connectivity index (χ3n) is 3.69. The van der Waals surface area contributed by atoms with Crippen LogP contribution in [0.4, 0.5) is 0 Å². The van der Waals surface area contributed by atoms with Gasteiger partial charge in [-0.25, -0.2) is 0 Å². The minimum absolute atomic E-state index is 0.541. The lowest BCUT2D eigenvalue weighted by atomic mass is 9.78. The normalized spacial score (nSPS) is 13.6. The van der Waals surface area contributed by atoms with Crippen molar-refractivity contribution in [3.05, 3.63) is 65.2 Å². The monoisotopic (exact) mass is 268 g/mol. The average Bonchev–Trinajstić information content (AvgIpc) is 2.47. The second-order valence-corrected chi connectivity index (χ2v) is 5.39. The molecule has 104 valence electrons. The van der Waals surface area contributed by atoms with E-state index >= 15 is 0 Å². The van der Waals surface area contributed by atoms with Crippen molar-refractivity contribution in [2.45, 2.75) is 25.7 Å². The van der Waals surface area contributed by atoms with Crippen molar-refractivity contribution in [3.8, 4) is 5.75 Å². The van der Waals surface area contributed by atoms with Gasteiger partial charge in [0, 0.05) is 0 Å². The molecule has 0 bridgehead atoms. The second-order valence-electron chi connectivity index (χ2n) is 5.39. The molecule has 2 aromatic carbocycles. The van der Waals surface area contributed by atoms with Crippen molar-refractivity contribution in [2.75, 3.05) is 7.11 Å². The summed E-state index contributed by atoms with van der Waals surface area (Å²) in [4.78, 5) is 11.7. The molecule has 0 saturated heterocycles. The van der Waals surface area contributed by atoms with E-state index in [-0.39, 0.29) is 0 Å². The van der Waals surface area contributed by atoms with E-state index in [1.54, 1.807) is 7.11 Å². The van der Waals surface area contributed by atoms with E-state index in [0.717, 1.165) is 28.7 Å². The van der Waals surface area contributed by atoms with E-state index in [2.05, 4.69) is 6.07 Å². The first kappa shape index (κ1) is 14.3. The lowest BCUT2D eigenvalue weighted by Crippen LogP contribution is -2.27. The molecule has 2 nitrogen and oxygen atoms in total. The van der Waals surface area contributed by atoms with Crippen LogP contribution in [0.15, 0.2) is 48.5 Å². The maximum Gasteiger partial charge on any atom is 0.130 e. The van der Waals surface area contributed by atoms with Gasteiger partial charge in [-0.05, 0) is 37.5 Å². The summed E-state index contributed by atoms with van der Waals surface area (Å²) in [5.74, 6) is 0.827. The fraction of sp³-hybridized carbons (Fsp3) is 0.278. The Morgan fingerprint density at radius 3 is 2.55 bits per heavy atom. The lowest BCUT2D eigenvalue weighted by molar-refractivity contribution is -0.112. The predicted molar refractivity (Wildman–Crippen MR) is 81.3 cm³/mol. The van der Waals surface area contributed by atoms with Crippen LogP contribution in [0.3, 0.4) is 0 Å². The number of hydrogen-bond donors (Lipinski definition) is 0. The molecule has 1 unspecified atom stereocenters. The number of benzene rings is 2. The topological polar surface area (TPSA) is 26.3 Å². The second kappa shape index (κ2) is 5.91. The molecule has 0 aliphatic carbocycles. The predicted octanol–water partition coefficient (Wildman–Crippen LogP) is 3.70. The summed E-state index contributed by atoms with van der Waals surface area (Å²) in [5, 5.41) is 0. The summed E-state index contributed by atoms with van der Waals surface area (Å²) in [6.45, 7) is 4.01. The fourth-order valence-corrected chi connectivity index (χ4v) is 2.46. The minimum Gasteiger partial charge on any atom is -0.496 e. The van der Waals surface area contributed by atoms with Crippen molar-refractivity contribution < 1.29 is 9.53 Å². The summed E-state index contributed by atoms with van der Waals surface area (Å²) in [5.41, 5.74) is 2.71. The number of para-hydroxylation sites is 1. The highest BCUT2D eigenvalue weighted by molar-refractivity contribution is 5.69. The summed E-state index contributed by atoms with van der Waals surface area (Å²) in [6.07, 6.45) is 1.66. The summed E-state index contributed by atoms with van der Waals surface area (Å²) in [7, 11) is 1.66. The lowest BCUT2D eigenvalue weighted by Gasteiger charge is -2.25. The van der Waals surface area contributed by atoms with Crippen molar-refractivity contribution in [1.29, 1.82) is 0 Å². The van der Waals surface area contributed by atoms with Crippen molar-refractivity contribution in [3.63, 3.8) is 0 Å². The first-order valence-electron chi connectivity index (χ1n) is 6.74. The Bertz CT molecular complexity index is 604. The fourth-order valence-electron chi connectivity index (χ4n) is 2.46. The highest BCUT2D eigenvalue weighted by atomic mass is 16.5. The molecule has 0 saturated carbocycles. The summed E-state index contributed by atoms with van der Waals surface area (Å²) < 4.78 is 5.38. The van der Waals surface area contributed by atoms with E-state index in [0.29, 0.717) is 6.42 Å². The molecular formula is C18H20O2. The Labute approximate surface area is 120 Å². The van der Waals surface area contributed by atoms with Gasteiger partial charge in [-0.3, -0.25) is 0 Å². The molecular weight excluding hydrogens is 248 g/mol. The highest BCUT2D eigenvalue weighted by Gasteiger charge is 2.27. The van der Waals surface area contributed by atoms with Crippen LogP contribution in [0.5, 0.6) is 5.75 Å². The number of rotatable bonds is 5. The largest absolute Gasteiger partial charge is 0.496 e. The SMILES string of the molecule is COc1ccccc1CC(C)(C=O)c1cccc(C)c1. The summed E-state index contributed by atoms with van der Waals surface area (Å²) >= 11 is 0. The number of carbonyl (C=O) groups is 1. The van der Waals surface area contributed by atoms with Gasteiger partial charge in [-0.15, -0.1) is 0 Å². The van der Waals surface area contributed by atoms with Crippen molar-refractivity contribution in [2.24, 2.45) is 0 Å². The maximum atomic E-state index is 11.7. The molecule has 0 aliphatic rings. The first-order valence-corrected chi connectivity index (χ1v) is 6.74. The minimum atomic E-state index is -0.541. The van der Waals surface area contributed by atoms with Gasteiger partial charge in [-0.2, -0.15) is 0 Å². The van der Waals surface area contributed by atoms with Crippen LogP contribution in [-0.2, 0) is 16.6 Å². The van der Waals surface area contributed by atoms with Crippen molar-refractivity contribution >= 4 is 6.29 Å². The molecule has 0 amide bonds. The van der Waals surface area contributed by atoms with Crippen molar-refractivity contribution in [1.82, 2.24) is 0 Å². The van der Waals surface area contributed by atoms with E-state index in [9.17, 15) is 4.79 Å². The van der Waals surface area contributed by atoms with Crippen LogP contribution in [0, 0.1) is 6.92 Å². The Kier molecular flexibility index (Phi) is 4.23. The van der Waals surface area contributed by atoms with Crippen LogP contribution in [-0.4, -0.2) is 13.4 Å². The van der Waals surface area contributed by atoms with Gasteiger partial charge in [-0.1, -0.05) is 48.0 Å². The average molecular weight is 268 g/mol. The van der Waals surface area contributed by atoms with Gasteiger partial charge in [0.2, 0.25) is 0 Å². The van der Waals surface area contributed by atoms with Crippen LogP contribution in [0.2, 0.25) is 0 Å². The molecule has 0 N–H and O–H groups in total. The smallest absolute Gasteiger partial charge is 0.130 e. The zero-order valence-electron chi connectivity index (χ0n) is 12.2.